The quantitative estimate of drug-likeness (QED) is 0.839. The van der Waals surface area contributed by atoms with Crippen molar-refractivity contribution in [2.75, 3.05) is 26.7 Å². The van der Waals surface area contributed by atoms with Gasteiger partial charge in [-0.15, -0.1) is 10.2 Å². The van der Waals surface area contributed by atoms with Crippen molar-refractivity contribution in [2.24, 2.45) is 0 Å². The SMILES string of the molecule is COC(=O)c1ccc(CN2CCC(c3nnc4n3CCNC4)CC2)cc1. The highest BCUT2D eigenvalue weighted by Crippen LogP contribution is 2.28. The second-order valence-electron chi connectivity index (χ2n) is 7.04. The van der Waals surface area contributed by atoms with Gasteiger partial charge in [0.05, 0.1) is 19.2 Å². The third-order valence-corrected chi connectivity index (χ3v) is 5.39. The van der Waals surface area contributed by atoms with Crippen molar-refractivity contribution in [1.82, 2.24) is 25.0 Å². The summed E-state index contributed by atoms with van der Waals surface area (Å²) in [5.41, 5.74) is 1.82. The minimum Gasteiger partial charge on any atom is -0.465 e. The maximum Gasteiger partial charge on any atom is 0.337 e. The maximum atomic E-state index is 11.5. The lowest BCUT2D eigenvalue weighted by Crippen LogP contribution is -2.34. The zero-order valence-corrected chi connectivity index (χ0v) is 15.1. The van der Waals surface area contributed by atoms with Crippen molar-refractivity contribution in [3.8, 4) is 0 Å². The fourth-order valence-corrected chi connectivity index (χ4v) is 3.89. The van der Waals surface area contributed by atoms with Crippen LogP contribution in [0.15, 0.2) is 24.3 Å². The van der Waals surface area contributed by atoms with E-state index in [1.165, 1.54) is 18.5 Å². The first-order chi connectivity index (χ1) is 12.7. The molecule has 0 bridgehead atoms. The van der Waals surface area contributed by atoms with Crippen LogP contribution in [0.2, 0.25) is 0 Å². The van der Waals surface area contributed by atoms with Gasteiger partial charge in [-0.2, -0.15) is 0 Å². The molecule has 3 heterocycles. The molecule has 1 aromatic heterocycles. The van der Waals surface area contributed by atoms with Crippen LogP contribution in [-0.4, -0.2) is 52.4 Å². The number of piperidine rings is 1. The van der Waals surface area contributed by atoms with E-state index in [0.717, 1.165) is 57.9 Å². The Kier molecular flexibility index (Phi) is 4.99. The van der Waals surface area contributed by atoms with E-state index in [1.807, 2.05) is 24.3 Å². The van der Waals surface area contributed by atoms with Crippen LogP contribution < -0.4 is 5.32 Å². The molecule has 1 N–H and O–H groups in total. The Labute approximate surface area is 153 Å². The lowest BCUT2D eigenvalue weighted by atomic mass is 9.95. The lowest BCUT2D eigenvalue weighted by Gasteiger charge is -2.32. The Hall–Kier alpha value is -2.25. The van der Waals surface area contributed by atoms with Crippen LogP contribution in [0.1, 0.15) is 46.3 Å². The number of aromatic nitrogens is 3. The number of benzene rings is 1. The fourth-order valence-electron chi connectivity index (χ4n) is 3.89. The predicted octanol–water partition coefficient (Wildman–Crippen LogP) is 1.55. The van der Waals surface area contributed by atoms with Gasteiger partial charge in [0.15, 0.2) is 0 Å². The Morgan fingerprint density at radius 2 is 1.96 bits per heavy atom. The number of hydrogen-bond donors (Lipinski definition) is 1. The summed E-state index contributed by atoms with van der Waals surface area (Å²) in [5, 5.41) is 12.2. The first kappa shape index (κ1) is 17.2. The molecule has 1 aromatic carbocycles. The van der Waals surface area contributed by atoms with E-state index < -0.39 is 0 Å². The molecule has 0 aliphatic carbocycles. The van der Waals surface area contributed by atoms with Gasteiger partial charge in [-0.1, -0.05) is 12.1 Å². The average Bonchev–Trinajstić information content (AvgIpc) is 3.13. The van der Waals surface area contributed by atoms with Crippen LogP contribution in [0.3, 0.4) is 0 Å². The number of likely N-dealkylation sites (tertiary alicyclic amines) is 1. The van der Waals surface area contributed by atoms with Gasteiger partial charge >= 0.3 is 5.97 Å². The van der Waals surface area contributed by atoms with Gasteiger partial charge in [-0.3, -0.25) is 4.90 Å². The molecule has 2 aliphatic heterocycles. The maximum absolute atomic E-state index is 11.5. The van der Waals surface area contributed by atoms with E-state index in [2.05, 4.69) is 25.0 Å². The number of nitrogens with one attached hydrogen (secondary N) is 1. The largest absolute Gasteiger partial charge is 0.465 e. The first-order valence-electron chi connectivity index (χ1n) is 9.27. The number of fused-ring (bicyclic) bond motifs is 1. The molecule has 4 rings (SSSR count). The summed E-state index contributed by atoms with van der Waals surface area (Å²) < 4.78 is 7.05. The van der Waals surface area contributed by atoms with Gasteiger partial charge < -0.3 is 14.6 Å². The predicted molar refractivity (Wildman–Crippen MR) is 96.8 cm³/mol. The number of esters is 1. The molecule has 138 valence electrons. The Morgan fingerprint density at radius 3 is 2.69 bits per heavy atom. The molecule has 0 amide bonds. The van der Waals surface area contributed by atoms with Crippen molar-refractivity contribution in [1.29, 1.82) is 0 Å². The molecule has 0 atom stereocenters. The molecule has 7 nitrogen and oxygen atoms in total. The van der Waals surface area contributed by atoms with E-state index in [0.29, 0.717) is 11.5 Å². The molecule has 26 heavy (non-hydrogen) atoms. The van der Waals surface area contributed by atoms with Crippen LogP contribution in [-0.2, 0) is 24.4 Å². The van der Waals surface area contributed by atoms with Gasteiger partial charge in [0.25, 0.3) is 0 Å². The minimum atomic E-state index is -0.288. The zero-order valence-electron chi connectivity index (χ0n) is 15.1. The summed E-state index contributed by atoms with van der Waals surface area (Å²) >= 11 is 0. The van der Waals surface area contributed by atoms with Crippen molar-refractivity contribution >= 4 is 5.97 Å². The van der Waals surface area contributed by atoms with Crippen LogP contribution in [0.4, 0.5) is 0 Å². The summed E-state index contributed by atoms with van der Waals surface area (Å²) in [7, 11) is 1.41. The topological polar surface area (TPSA) is 72.3 Å². The van der Waals surface area contributed by atoms with Gasteiger partial charge in [0, 0.05) is 25.6 Å². The number of carbonyl (C=O) groups excluding carboxylic acids is 1. The summed E-state index contributed by atoms with van der Waals surface area (Å²) in [4.78, 5) is 14.0. The monoisotopic (exact) mass is 355 g/mol. The Bertz CT molecular complexity index is 763. The van der Waals surface area contributed by atoms with Crippen molar-refractivity contribution in [2.45, 2.75) is 38.4 Å². The third kappa shape index (κ3) is 3.50. The van der Waals surface area contributed by atoms with E-state index in [4.69, 9.17) is 4.74 Å². The van der Waals surface area contributed by atoms with E-state index in [-0.39, 0.29) is 5.97 Å². The van der Waals surface area contributed by atoms with E-state index in [9.17, 15) is 4.79 Å². The molecule has 1 fully saturated rings. The average molecular weight is 355 g/mol. The highest BCUT2D eigenvalue weighted by Gasteiger charge is 2.27. The molecule has 0 saturated carbocycles. The third-order valence-electron chi connectivity index (χ3n) is 5.39. The smallest absolute Gasteiger partial charge is 0.337 e. The zero-order chi connectivity index (χ0) is 17.9. The summed E-state index contributed by atoms with van der Waals surface area (Å²) in [6, 6.07) is 7.70. The van der Waals surface area contributed by atoms with Gasteiger partial charge in [-0.25, -0.2) is 4.79 Å². The lowest BCUT2D eigenvalue weighted by molar-refractivity contribution is 0.0600. The van der Waals surface area contributed by atoms with Crippen molar-refractivity contribution in [3.63, 3.8) is 0 Å². The van der Waals surface area contributed by atoms with Crippen LogP contribution in [0.5, 0.6) is 0 Å². The molecule has 2 aliphatic rings. The number of carbonyl (C=O) groups is 1. The molecule has 0 radical (unpaired) electrons. The Morgan fingerprint density at radius 1 is 1.19 bits per heavy atom. The number of ether oxygens (including phenoxy) is 1. The summed E-state index contributed by atoms with van der Waals surface area (Å²) in [5.74, 6) is 2.46. The highest BCUT2D eigenvalue weighted by molar-refractivity contribution is 5.89. The second kappa shape index (κ2) is 7.55. The van der Waals surface area contributed by atoms with Crippen LogP contribution >= 0.6 is 0 Å². The molecule has 7 heteroatoms. The molecule has 2 aromatic rings. The standard InChI is InChI=1S/C19H25N5O2/c1-26-19(25)16-4-2-14(3-5-16)13-23-9-6-15(7-10-23)18-22-21-17-12-20-8-11-24(17)18/h2-5,15,20H,6-13H2,1H3. The normalized spacial score (nSPS) is 18.5. The molecular weight excluding hydrogens is 330 g/mol. The number of nitrogens with zero attached hydrogens (tertiary/aromatic N) is 4. The number of rotatable bonds is 4. The number of methoxy groups -OCH3 is 1. The second-order valence-corrected chi connectivity index (χ2v) is 7.04. The van der Waals surface area contributed by atoms with E-state index >= 15 is 0 Å². The summed E-state index contributed by atoms with van der Waals surface area (Å²) in [6.45, 7) is 5.83. The molecule has 0 spiro atoms. The summed E-state index contributed by atoms with van der Waals surface area (Å²) in [6.07, 6.45) is 2.23. The van der Waals surface area contributed by atoms with E-state index in [1.54, 1.807) is 0 Å². The Balaban J connectivity index is 1.34. The fraction of sp³-hybridized carbons (Fsp3) is 0.526. The van der Waals surface area contributed by atoms with Gasteiger partial charge in [0.1, 0.15) is 11.6 Å². The molecule has 1 saturated heterocycles. The van der Waals surface area contributed by atoms with Crippen molar-refractivity contribution < 1.29 is 9.53 Å². The van der Waals surface area contributed by atoms with Gasteiger partial charge in [-0.05, 0) is 43.6 Å². The molecular formula is C19H25N5O2. The highest BCUT2D eigenvalue weighted by atomic mass is 16.5. The van der Waals surface area contributed by atoms with Crippen LogP contribution in [0.25, 0.3) is 0 Å². The minimum absolute atomic E-state index is 0.288. The van der Waals surface area contributed by atoms with Gasteiger partial charge in [0.2, 0.25) is 0 Å². The molecule has 0 unspecified atom stereocenters. The first-order valence-corrected chi connectivity index (χ1v) is 9.27. The number of hydrogen-bond acceptors (Lipinski definition) is 6. The van der Waals surface area contributed by atoms with Crippen LogP contribution in [0, 0.1) is 0 Å². The van der Waals surface area contributed by atoms with Crippen molar-refractivity contribution in [3.05, 3.63) is 47.0 Å².